The van der Waals surface area contributed by atoms with Gasteiger partial charge in [0.15, 0.2) is 0 Å². The zero-order chi connectivity index (χ0) is 30.2. The lowest BCUT2D eigenvalue weighted by Gasteiger charge is -2.33. The van der Waals surface area contributed by atoms with Crippen LogP contribution in [-0.4, -0.2) is 43.7 Å². The summed E-state index contributed by atoms with van der Waals surface area (Å²) in [4.78, 5) is 11.3. The molecule has 0 aliphatic heterocycles. The minimum atomic E-state index is -0.253. The van der Waals surface area contributed by atoms with Crippen molar-refractivity contribution in [3.63, 3.8) is 0 Å². The molecule has 0 rings (SSSR count). The van der Waals surface area contributed by atoms with E-state index >= 15 is 0 Å². The molecule has 0 saturated heterocycles. The van der Waals surface area contributed by atoms with Crippen molar-refractivity contribution < 1.29 is 14.0 Å². The fraction of sp³-hybridized carbons (Fsp3) is 0.919. The van der Waals surface area contributed by atoms with E-state index in [0.717, 1.165) is 12.8 Å². The molecule has 3 heteroatoms. The van der Waals surface area contributed by atoms with Crippen LogP contribution >= 0.6 is 0 Å². The maximum Gasteiger partial charge on any atom is 0.333 e. The summed E-state index contributed by atoms with van der Waals surface area (Å²) in [6.45, 7) is 18.5. The van der Waals surface area contributed by atoms with Gasteiger partial charge in [0.1, 0.15) is 0 Å². The first-order valence-electron chi connectivity index (χ1n) is 18.1. The number of esters is 1. The van der Waals surface area contributed by atoms with Crippen molar-refractivity contribution in [3.05, 3.63) is 12.2 Å². The highest BCUT2D eigenvalue weighted by molar-refractivity contribution is 5.86. The van der Waals surface area contributed by atoms with Gasteiger partial charge in [-0.2, -0.15) is 0 Å². The van der Waals surface area contributed by atoms with E-state index in [-0.39, 0.29) is 5.97 Å². The summed E-state index contributed by atoms with van der Waals surface area (Å²) in [6, 6.07) is 0. The first-order chi connectivity index (χ1) is 19.4. The van der Waals surface area contributed by atoms with Crippen molar-refractivity contribution in [1.82, 2.24) is 0 Å². The van der Waals surface area contributed by atoms with E-state index in [4.69, 9.17) is 4.74 Å². The van der Waals surface area contributed by atoms with Gasteiger partial charge in [0.25, 0.3) is 0 Å². The highest BCUT2D eigenvalue weighted by Crippen LogP contribution is 2.16. The summed E-state index contributed by atoms with van der Waals surface area (Å²) in [5, 5.41) is 0. The average Bonchev–Trinajstić information content (AvgIpc) is 2.96. The Hall–Kier alpha value is -0.830. The van der Waals surface area contributed by atoms with Crippen LogP contribution in [0.5, 0.6) is 0 Å². The van der Waals surface area contributed by atoms with Crippen molar-refractivity contribution in [3.8, 4) is 0 Å². The van der Waals surface area contributed by atoms with Crippen molar-refractivity contribution in [2.75, 3.05) is 33.3 Å². The molecule has 0 fully saturated rings. The van der Waals surface area contributed by atoms with Gasteiger partial charge in [-0.3, -0.25) is 0 Å². The van der Waals surface area contributed by atoms with Gasteiger partial charge in [0.2, 0.25) is 0 Å². The predicted octanol–water partition coefficient (Wildman–Crippen LogP) is 12.0. The molecule has 0 N–H and O–H groups in total. The minimum Gasteiger partial charge on any atom is -0.462 e. The predicted molar refractivity (Wildman–Crippen MR) is 180 cm³/mol. The van der Waals surface area contributed by atoms with Gasteiger partial charge in [0, 0.05) is 5.57 Å². The fourth-order valence-corrected chi connectivity index (χ4v) is 5.41. The summed E-state index contributed by atoms with van der Waals surface area (Å²) in [5.41, 5.74) is 0.493. The van der Waals surface area contributed by atoms with Crippen LogP contribution in [0.25, 0.3) is 0 Å². The second-order valence-corrected chi connectivity index (χ2v) is 12.4. The number of quaternary nitrogens is 1. The van der Waals surface area contributed by atoms with Gasteiger partial charge in [-0.15, -0.1) is 0 Å². The highest BCUT2D eigenvalue weighted by Gasteiger charge is 2.17. The molecule has 0 heterocycles. The standard InChI is InChI=1S/C35H70NO2.C2H6/c1-6-8-9-10-11-12-13-14-15-16-17-18-19-22-25-28-31-36(5,7-2)32-29-26-23-20-21-24-27-30-33-38-35(37)34(3)4;1-2/h3,6-33H2,1-2,4-5H3;1-2H3/q+1;. The third-order valence-corrected chi connectivity index (χ3v) is 8.49. The van der Waals surface area contributed by atoms with Crippen LogP contribution in [0.2, 0.25) is 0 Å². The molecule has 1 atom stereocenters. The van der Waals surface area contributed by atoms with Gasteiger partial charge in [-0.25, -0.2) is 4.79 Å². The maximum absolute atomic E-state index is 11.3. The van der Waals surface area contributed by atoms with Gasteiger partial charge >= 0.3 is 5.97 Å². The Morgan fingerprint density at radius 2 is 0.850 bits per heavy atom. The summed E-state index contributed by atoms with van der Waals surface area (Å²) in [5.74, 6) is -0.253. The molecule has 1 unspecified atom stereocenters. The highest BCUT2D eigenvalue weighted by atomic mass is 16.5. The van der Waals surface area contributed by atoms with E-state index in [1.165, 1.54) is 165 Å². The number of nitrogens with zero attached hydrogens (tertiary/aromatic N) is 1. The first-order valence-corrected chi connectivity index (χ1v) is 18.1. The molecule has 0 bridgehead atoms. The van der Waals surface area contributed by atoms with Gasteiger partial charge in [-0.1, -0.05) is 149 Å². The van der Waals surface area contributed by atoms with Gasteiger partial charge in [0.05, 0.1) is 33.3 Å². The molecule has 0 aromatic heterocycles. The number of unbranched alkanes of at least 4 members (excludes halogenated alkanes) is 22. The van der Waals surface area contributed by atoms with Crippen LogP contribution < -0.4 is 0 Å². The second kappa shape index (κ2) is 32.7. The second-order valence-electron chi connectivity index (χ2n) is 12.4. The largest absolute Gasteiger partial charge is 0.462 e. The molecular formula is C37H76NO2+. The zero-order valence-electron chi connectivity index (χ0n) is 28.8. The van der Waals surface area contributed by atoms with Crippen molar-refractivity contribution in [1.29, 1.82) is 0 Å². The van der Waals surface area contributed by atoms with E-state index in [1.807, 2.05) is 13.8 Å². The monoisotopic (exact) mass is 567 g/mol. The number of carbonyl (C=O) groups is 1. The molecule has 0 aromatic carbocycles. The molecule has 0 spiro atoms. The van der Waals surface area contributed by atoms with E-state index in [9.17, 15) is 4.79 Å². The van der Waals surface area contributed by atoms with E-state index in [2.05, 4.69) is 27.5 Å². The minimum absolute atomic E-state index is 0.253. The third-order valence-electron chi connectivity index (χ3n) is 8.49. The molecule has 0 aliphatic carbocycles. The fourth-order valence-electron chi connectivity index (χ4n) is 5.41. The van der Waals surface area contributed by atoms with Crippen LogP contribution in [0.1, 0.15) is 189 Å². The van der Waals surface area contributed by atoms with Gasteiger partial charge < -0.3 is 9.22 Å². The molecule has 0 amide bonds. The Morgan fingerprint density at radius 3 is 1.15 bits per heavy atom. The summed E-state index contributed by atoms with van der Waals surface area (Å²) < 4.78 is 6.42. The summed E-state index contributed by atoms with van der Waals surface area (Å²) >= 11 is 0. The Morgan fingerprint density at radius 1 is 0.550 bits per heavy atom. The molecule has 0 aromatic rings. The number of hydrogen-bond acceptors (Lipinski definition) is 2. The Labute approximate surface area is 253 Å². The normalized spacial score (nSPS) is 12.4. The Bertz CT molecular complexity index is 532. The lowest BCUT2D eigenvalue weighted by molar-refractivity contribution is -0.908. The molecule has 3 nitrogen and oxygen atoms in total. The Balaban J connectivity index is 0. The molecular weight excluding hydrogens is 490 g/mol. The number of carbonyl (C=O) groups excluding carboxylic acids is 1. The molecule has 240 valence electrons. The van der Waals surface area contributed by atoms with Crippen molar-refractivity contribution >= 4 is 5.97 Å². The molecule has 0 aliphatic rings. The van der Waals surface area contributed by atoms with E-state index < -0.39 is 0 Å². The SMILES string of the molecule is C=C(C)C(=O)OCCCCCCCCCC[N+](C)(CC)CCCCCCCCCCCCCCCCCC.CC. The third kappa shape index (κ3) is 30.1. The molecule has 0 radical (unpaired) electrons. The molecule has 0 saturated carbocycles. The summed E-state index contributed by atoms with van der Waals surface area (Å²) in [6.07, 6.45) is 33.3. The topological polar surface area (TPSA) is 26.3 Å². The van der Waals surface area contributed by atoms with Crippen molar-refractivity contribution in [2.45, 2.75) is 189 Å². The smallest absolute Gasteiger partial charge is 0.333 e. The van der Waals surface area contributed by atoms with Crippen LogP contribution in [0.3, 0.4) is 0 Å². The maximum atomic E-state index is 11.3. The summed E-state index contributed by atoms with van der Waals surface area (Å²) in [7, 11) is 2.48. The van der Waals surface area contributed by atoms with Crippen LogP contribution in [0, 0.1) is 0 Å². The van der Waals surface area contributed by atoms with E-state index in [1.54, 1.807) is 6.92 Å². The van der Waals surface area contributed by atoms with Crippen LogP contribution in [0.15, 0.2) is 12.2 Å². The quantitative estimate of drug-likeness (QED) is 0.0374. The zero-order valence-corrected chi connectivity index (χ0v) is 28.8. The van der Waals surface area contributed by atoms with Crippen molar-refractivity contribution in [2.24, 2.45) is 0 Å². The van der Waals surface area contributed by atoms with Crippen LogP contribution in [0.4, 0.5) is 0 Å². The first kappa shape index (κ1) is 41.3. The lowest BCUT2D eigenvalue weighted by Crippen LogP contribution is -2.45. The number of hydrogen-bond donors (Lipinski definition) is 0. The van der Waals surface area contributed by atoms with Gasteiger partial charge in [-0.05, 0) is 46.0 Å². The average molecular weight is 567 g/mol. The molecule has 40 heavy (non-hydrogen) atoms. The Kier molecular flexibility index (Phi) is 33.7. The van der Waals surface area contributed by atoms with Crippen LogP contribution in [-0.2, 0) is 9.53 Å². The number of rotatable bonds is 30. The number of ether oxygens (including phenoxy) is 1. The lowest BCUT2D eigenvalue weighted by atomic mass is 10.0. The van der Waals surface area contributed by atoms with E-state index in [0.29, 0.717) is 12.2 Å².